The van der Waals surface area contributed by atoms with Gasteiger partial charge in [-0.3, -0.25) is 0 Å². The van der Waals surface area contributed by atoms with Gasteiger partial charge in [0.25, 0.3) is 0 Å². The lowest BCUT2D eigenvalue weighted by atomic mass is 9.94. The van der Waals surface area contributed by atoms with Crippen molar-refractivity contribution in [1.29, 1.82) is 0 Å². The van der Waals surface area contributed by atoms with Gasteiger partial charge in [0.15, 0.2) is 11.6 Å². The molecule has 2 rings (SSSR count). The van der Waals surface area contributed by atoms with Gasteiger partial charge in [-0.25, -0.2) is 8.78 Å². The van der Waals surface area contributed by atoms with Crippen molar-refractivity contribution in [3.63, 3.8) is 0 Å². The Balaban J connectivity index is 2.13. The van der Waals surface area contributed by atoms with Crippen LogP contribution in [0.4, 0.5) is 8.78 Å². The highest BCUT2D eigenvalue weighted by Gasteiger charge is 2.13. The van der Waals surface area contributed by atoms with Gasteiger partial charge in [-0.1, -0.05) is 50.2 Å². The van der Waals surface area contributed by atoms with E-state index in [0.29, 0.717) is 11.5 Å². The average Bonchev–Trinajstić information content (AvgIpc) is 2.51. The van der Waals surface area contributed by atoms with E-state index in [1.807, 2.05) is 12.1 Å². The number of benzene rings is 2. The van der Waals surface area contributed by atoms with E-state index in [1.165, 1.54) is 11.6 Å². The Hall–Kier alpha value is -1.74. The van der Waals surface area contributed by atoms with E-state index in [2.05, 4.69) is 26.0 Å². The molecule has 112 valence electrons. The van der Waals surface area contributed by atoms with Crippen LogP contribution in [0, 0.1) is 11.6 Å². The van der Waals surface area contributed by atoms with Gasteiger partial charge in [-0.2, -0.15) is 0 Å². The molecule has 0 bridgehead atoms. The minimum Gasteiger partial charge on any atom is -0.324 e. The van der Waals surface area contributed by atoms with E-state index >= 15 is 0 Å². The Kier molecular flexibility index (Phi) is 5.07. The van der Waals surface area contributed by atoms with E-state index in [4.69, 9.17) is 5.73 Å². The molecule has 0 saturated carbocycles. The molecule has 0 aliphatic carbocycles. The molecule has 0 aromatic heterocycles. The van der Waals surface area contributed by atoms with Crippen LogP contribution in [0.2, 0.25) is 0 Å². The second-order valence-corrected chi connectivity index (χ2v) is 5.50. The van der Waals surface area contributed by atoms with Crippen LogP contribution in [0.3, 0.4) is 0 Å². The van der Waals surface area contributed by atoms with Gasteiger partial charge in [0.2, 0.25) is 0 Å². The molecule has 0 aliphatic heterocycles. The van der Waals surface area contributed by atoms with E-state index in [0.717, 1.165) is 18.1 Å². The van der Waals surface area contributed by atoms with Crippen LogP contribution in [0.15, 0.2) is 42.5 Å². The maximum atomic E-state index is 13.7. The Bertz CT molecular complexity index is 593. The summed E-state index contributed by atoms with van der Waals surface area (Å²) in [5.41, 5.74) is 8.63. The predicted octanol–water partition coefficient (Wildman–Crippen LogP) is 4.72. The lowest BCUT2D eigenvalue weighted by molar-refractivity contribution is 0.494. The summed E-state index contributed by atoms with van der Waals surface area (Å²) >= 11 is 0. The summed E-state index contributed by atoms with van der Waals surface area (Å²) in [5, 5.41) is 0. The van der Waals surface area contributed by atoms with Crippen LogP contribution < -0.4 is 5.73 Å². The highest BCUT2D eigenvalue weighted by molar-refractivity contribution is 5.29. The van der Waals surface area contributed by atoms with Crippen molar-refractivity contribution in [3.05, 3.63) is 70.8 Å². The molecule has 0 spiro atoms. The standard InChI is InChI=1S/C18H21F2N/c1-3-12(2)13-7-9-14(10-8-13)17(21)11-15-5-4-6-16(19)18(15)20/h4-10,12,17H,3,11,21H2,1-2H3. The molecule has 1 nitrogen and oxygen atoms in total. The maximum Gasteiger partial charge on any atom is 0.162 e. The Labute approximate surface area is 124 Å². The largest absolute Gasteiger partial charge is 0.324 e. The van der Waals surface area contributed by atoms with Crippen LogP contribution in [0.5, 0.6) is 0 Å². The molecule has 2 unspecified atom stereocenters. The quantitative estimate of drug-likeness (QED) is 0.846. The van der Waals surface area contributed by atoms with Crippen molar-refractivity contribution in [2.75, 3.05) is 0 Å². The molecule has 0 amide bonds. The molecule has 2 aromatic carbocycles. The minimum absolute atomic E-state index is 0.284. The van der Waals surface area contributed by atoms with Gasteiger partial charge in [0, 0.05) is 6.04 Å². The fourth-order valence-electron chi connectivity index (χ4n) is 2.37. The summed E-state index contributed by atoms with van der Waals surface area (Å²) in [6, 6.07) is 11.9. The second-order valence-electron chi connectivity index (χ2n) is 5.50. The van der Waals surface area contributed by atoms with Crippen molar-refractivity contribution >= 4 is 0 Å². The van der Waals surface area contributed by atoms with Gasteiger partial charge in [-0.15, -0.1) is 0 Å². The van der Waals surface area contributed by atoms with E-state index in [1.54, 1.807) is 6.07 Å². The van der Waals surface area contributed by atoms with Gasteiger partial charge in [0.05, 0.1) is 0 Å². The van der Waals surface area contributed by atoms with Crippen molar-refractivity contribution in [3.8, 4) is 0 Å². The lowest BCUT2D eigenvalue weighted by Gasteiger charge is -2.15. The number of hydrogen-bond acceptors (Lipinski definition) is 1. The molecule has 0 radical (unpaired) electrons. The molecule has 0 aliphatic rings. The second kappa shape index (κ2) is 6.81. The zero-order chi connectivity index (χ0) is 15.4. The minimum atomic E-state index is -0.827. The number of halogens is 2. The first-order chi connectivity index (χ1) is 10.0. The fraction of sp³-hybridized carbons (Fsp3) is 0.333. The summed E-state index contributed by atoms with van der Waals surface area (Å²) in [4.78, 5) is 0. The number of nitrogens with two attached hydrogens (primary N) is 1. The Morgan fingerprint density at radius 1 is 1.00 bits per heavy atom. The zero-order valence-corrected chi connectivity index (χ0v) is 12.4. The summed E-state index contributed by atoms with van der Waals surface area (Å²) in [6.07, 6.45) is 1.37. The lowest BCUT2D eigenvalue weighted by Crippen LogP contribution is -2.14. The summed E-state index contributed by atoms with van der Waals surface area (Å²) in [5.74, 6) is -1.12. The van der Waals surface area contributed by atoms with Gasteiger partial charge in [0.1, 0.15) is 0 Å². The molecule has 3 heteroatoms. The topological polar surface area (TPSA) is 26.0 Å². The maximum absolute atomic E-state index is 13.7. The summed E-state index contributed by atoms with van der Waals surface area (Å²) < 4.78 is 26.9. The molecule has 2 aromatic rings. The van der Waals surface area contributed by atoms with Gasteiger partial charge < -0.3 is 5.73 Å². The summed E-state index contributed by atoms with van der Waals surface area (Å²) in [6.45, 7) is 4.33. The average molecular weight is 289 g/mol. The fourth-order valence-corrected chi connectivity index (χ4v) is 2.37. The highest BCUT2D eigenvalue weighted by atomic mass is 19.2. The predicted molar refractivity (Wildman–Crippen MR) is 82.1 cm³/mol. The monoisotopic (exact) mass is 289 g/mol. The van der Waals surface area contributed by atoms with Gasteiger partial charge >= 0.3 is 0 Å². The molecule has 21 heavy (non-hydrogen) atoms. The van der Waals surface area contributed by atoms with Gasteiger partial charge in [-0.05, 0) is 41.5 Å². The molecule has 0 heterocycles. The molecule has 0 saturated heterocycles. The third-order valence-corrected chi connectivity index (χ3v) is 4.02. The van der Waals surface area contributed by atoms with Crippen LogP contribution in [0.1, 0.15) is 48.9 Å². The SMILES string of the molecule is CCC(C)c1ccc(C(N)Cc2cccc(F)c2F)cc1. The third-order valence-electron chi connectivity index (χ3n) is 4.02. The van der Waals surface area contributed by atoms with Crippen molar-refractivity contribution in [1.82, 2.24) is 0 Å². The van der Waals surface area contributed by atoms with E-state index in [9.17, 15) is 8.78 Å². The summed E-state index contributed by atoms with van der Waals surface area (Å²) in [7, 11) is 0. The first kappa shape index (κ1) is 15.6. The smallest absolute Gasteiger partial charge is 0.162 e. The number of rotatable bonds is 5. The van der Waals surface area contributed by atoms with E-state index in [-0.39, 0.29) is 12.5 Å². The molecule has 2 atom stereocenters. The van der Waals surface area contributed by atoms with Crippen molar-refractivity contribution < 1.29 is 8.78 Å². The Morgan fingerprint density at radius 2 is 1.62 bits per heavy atom. The van der Waals surface area contributed by atoms with Crippen LogP contribution in [-0.4, -0.2) is 0 Å². The van der Waals surface area contributed by atoms with Crippen LogP contribution in [-0.2, 0) is 6.42 Å². The van der Waals surface area contributed by atoms with Crippen LogP contribution >= 0.6 is 0 Å². The highest BCUT2D eigenvalue weighted by Crippen LogP contribution is 2.23. The van der Waals surface area contributed by atoms with Crippen molar-refractivity contribution in [2.45, 2.75) is 38.6 Å². The first-order valence-electron chi connectivity index (χ1n) is 7.31. The normalized spacial score (nSPS) is 14.0. The number of hydrogen-bond donors (Lipinski definition) is 1. The third kappa shape index (κ3) is 3.67. The first-order valence-corrected chi connectivity index (χ1v) is 7.31. The van der Waals surface area contributed by atoms with Crippen LogP contribution in [0.25, 0.3) is 0 Å². The zero-order valence-electron chi connectivity index (χ0n) is 12.4. The Morgan fingerprint density at radius 3 is 2.24 bits per heavy atom. The molecular weight excluding hydrogens is 268 g/mol. The molecule has 0 fully saturated rings. The molecular formula is C18H21F2N. The van der Waals surface area contributed by atoms with E-state index < -0.39 is 11.6 Å². The van der Waals surface area contributed by atoms with Crippen molar-refractivity contribution in [2.24, 2.45) is 5.73 Å². The molecule has 2 N–H and O–H groups in total.